The summed E-state index contributed by atoms with van der Waals surface area (Å²) in [4.78, 5) is 0. The number of benzene rings is 2. The van der Waals surface area contributed by atoms with Crippen molar-refractivity contribution in [2.45, 2.75) is 56.4 Å². The Balaban J connectivity index is 1.58. The van der Waals surface area contributed by atoms with Gasteiger partial charge in [-0.3, -0.25) is 0 Å². The molecule has 4 rings (SSSR count). The van der Waals surface area contributed by atoms with Crippen LogP contribution in [0, 0.1) is 0 Å². The van der Waals surface area contributed by atoms with Crippen molar-refractivity contribution < 1.29 is 34.6 Å². The molecule has 2 aliphatic heterocycles. The fraction of sp³-hybridized carbons (Fsp3) is 0.478. The monoisotopic (exact) mass is 450 g/mol. The number of fused-ring (bicyclic) bond motifs is 1. The molecule has 168 valence electrons. The molecule has 0 saturated carbocycles. The van der Waals surface area contributed by atoms with Crippen molar-refractivity contribution in [1.29, 1.82) is 0 Å². The Kier molecular flexibility index (Phi) is 6.18. The third kappa shape index (κ3) is 4.53. The smallest absolute Gasteiger partial charge is 0.162 e. The Morgan fingerprint density at radius 3 is 2.52 bits per heavy atom. The summed E-state index contributed by atoms with van der Waals surface area (Å²) in [5.74, 6) is 1.37. The van der Waals surface area contributed by atoms with Crippen molar-refractivity contribution in [2.24, 2.45) is 0 Å². The lowest BCUT2D eigenvalue weighted by molar-refractivity contribution is -0.231. The highest BCUT2D eigenvalue weighted by Gasteiger charge is 2.44. The van der Waals surface area contributed by atoms with Gasteiger partial charge < -0.3 is 34.6 Å². The van der Waals surface area contributed by atoms with Crippen molar-refractivity contribution in [1.82, 2.24) is 0 Å². The molecule has 0 amide bonds. The zero-order valence-electron chi connectivity index (χ0n) is 17.4. The summed E-state index contributed by atoms with van der Waals surface area (Å²) in [6.07, 6.45) is -5.55. The van der Waals surface area contributed by atoms with Crippen molar-refractivity contribution in [2.75, 3.05) is 13.2 Å². The van der Waals surface area contributed by atoms with Gasteiger partial charge in [0.1, 0.15) is 42.7 Å². The molecule has 31 heavy (non-hydrogen) atoms. The van der Waals surface area contributed by atoms with E-state index in [4.69, 9.17) is 25.8 Å². The molecule has 0 spiro atoms. The van der Waals surface area contributed by atoms with Crippen LogP contribution in [0.2, 0.25) is 5.02 Å². The molecular weight excluding hydrogens is 424 g/mol. The van der Waals surface area contributed by atoms with Crippen LogP contribution in [-0.4, -0.2) is 63.7 Å². The lowest BCUT2D eigenvalue weighted by Crippen LogP contribution is -2.55. The zero-order chi connectivity index (χ0) is 22.3. The quantitative estimate of drug-likeness (QED) is 0.564. The first-order valence-corrected chi connectivity index (χ1v) is 10.6. The Hall–Kier alpha value is -1.87. The minimum Gasteiger partial charge on any atom is -0.486 e. The maximum atomic E-state index is 10.4. The van der Waals surface area contributed by atoms with Gasteiger partial charge in [-0.05, 0) is 55.2 Å². The Labute approximate surface area is 185 Å². The number of halogens is 1. The predicted molar refractivity (Wildman–Crippen MR) is 114 cm³/mol. The molecule has 0 bridgehead atoms. The van der Waals surface area contributed by atoms with Crippen LogP contribution < -0.4 is 9.47 Å². The lowest BCUT2D eigenvalue weighted by Gasteiger charge is -2.40. The molecule has 2 aliphatic rings. The number of hydrogen-bond acceptors (Lipinski definition) is 7. The second-order valence-electron chi connectivity index (χ2n) is 8.71. The number of rotatable bonds is 4. The molecule has 5 atom stereocenters. The van der Waals surface area contributed by atoms with Gasteiger partial charge in [0.15, 0.2) is 11.5 Å². The highest BCUT2D eigenvalue weighted by molar-refractivity contribution is 6.31. The van der Waals surface area contributed by atoms with Crippen molar-refractivity contribution in [3.05, 3.63) is 58.1 Å². The van der Waals surface area contributed by atoms with Gasteiger partial charge in [0, 0.05) is 5.02 Å². The maximum Gasteiger partial charge on any atom is 0.162 e. The highest BCUT2D eigenvalue weighted by atomic mass is 35.5. The van der Waals surface area contributed by atoms with Crippen molar-refractivity contribution in [3.63, 3.8) is 0 Å². The van der Waals surface area contributed by atoms with E-state index in [0.717, 1.165) is 11.1 Å². The number of ether oxygens (including phenoxy) is 3. The predicted octanol–water partition coefficient (Wildman–Crippen LogP) is 2.00. The first kappa shape index (κ1) is 22.3. The SMILES string of the molecule is CC1(C)COc2cc(Cc3cc([C@@H]4O[C@H](CO)[C@@H](O)C(O)[C@H]4O)ccc3Cl)ccc2O1. The molecule has 2 heterocycles. The summed E-state index contributed by atoms with van der Waals surface area (Å²) < 4.78 is 17.4. The average Bonchev–Trinajstić information content (AvgIpc) is 2.74. The Morgan fingerprint density at radius 1 is 1.00 bits per heavy atom. The topological polar surface area (TPSA) is 109 Å². The normalized spacial score (nSPS) is 29.6. The lowest BCUT2D eigenvalue weighted by atomic mass is 9.90. The molecule has 1 fully saturated rings. The van der Waals surface area contributed by atoms with Gasteiger partial charge in [0.2, 0.25) is 0 Å². The molecule has 4 N–H and O–H groups in total. The minimum absolute atomic E-state index is 0.377. The molecule has 8 heteroatoms. The van der Waals surface area contributed by atoms with E-state index in [9.17, 15) is 20.4 Å². The summed E-state index contributed by atoms with van der Waals surface area (Å²) >= 11 is 6.42. The van der Waals surface area contributed by atoms with Crippen molar-refractivity contribution in [3.8, 4) is 11.5 Å². The van der Waals surface area contributed by atoms with Crippen LogP contribution >= 0.6 is 11.6 Å². The minimum atomic E-state index is -1.43. The van der Waals surface area contributed by atoms with E-state index in [1.165, 1.54) is 0 Å². The standard InChI is InChI=1S/C23H27ClO7/c1-23(2)11-29-17-8-12(3-6-16(17)31-23)7-14-9-13(4-5-15(14)24)22-21(28)20(27)19(26)18(10-25)30-22/h3-6,8-9,18-22,25-28H,7,10-11H2,1-2H3/t18-,19-,20?,21-,22+/m1/s1. The van der Waals surface area contributed by atoms with Gasteiger partial charge in [-0.25, -0.2) is 0 Å². The fourth-order valence-corrected chi connectivity index (χ4v) is 4.13. The van der Waals surface area contributed by atoms with Gasteiger partial charge in [-0.2, -0.15) is 0 Å². The Morgan fingerprint density at radius 2 is 1.77 bits per heavy atom. The molecular formula is C23H27ClO7. The molecule has 0 aromatic heterocycles. The van der Waals surface area contributed by atoms with Crippen LogP contribution in [0.1, 0.15) is 36.6 Å². The summed E-state index contributed by atoms with van der Waals surface area (Å²) in [6.45, 7) is 3.91. The first-order chi connectivity index (χ1) is 14.7. The molecule has 1 unspecified atom stereocenters. The molecule has 2 aromatic carbocycles. The van der Waals surface area contributed by atoms with E-state index in [0.29, 0.717) is 35.1 Å². The van der Waals surface area contributed by atoms with E-state index in [-0.39, 0.29) is 5.60 Å². The van der Waals surface area contributed by atoms with Gasteiger partial charge in [-0.1, -0.05) is 29.8 Å². The number of hydrogen-bond donors (Lipinski definition) is 4. The molecule has 7 nitrogen and oxygen atoms in total. The van der Waals surface area contributed by atoms with Gasteiger partial charge in [-0.15, -0.1) is 0 Å². The third-order valence-electron chi connectivity index (χ3n) is 5.65. The van der Waals surface area contributed by atoms with Crippen LogP contribution in [0.3, 0.4) is 0 Å². The van der Waals surface area contributed by atoms with Crippen LogP contribution in [0.15, 0.2) is 36.4 Å². The van der Waals surface area contributed by atoms with Gasteiger partial charge in [0.05, 0.1) is 6.61 Å². The van der Waals surface area contributed by atoms with E-state index < -0.39 is 37.1 Å². The maximum absolute atomic E-state index is 10.4. The summed E-state index contributed by atoms with van der Waals surface area (Å²) in [6, 6.07) is 10.9. The largest absolute Gasteiger partial charge is 0.486 e. The summed E-state index contributed by atoms with van der Waals surface area (Å²) in [5.41, 5.74) is 1.98. The molecule has 0 aliphatic carbocycles. The first-order valence-electron chi connectivity index (χ1n) is 10.2. The van der Waals surface area contributed by atoms with E-state index >= 15 is 0 Å². The van der Waals surface area contributed by atoms with E-state index in [1.807, 2.05) is 32.0 Å². The molecule has 1 saturated heterocycles. The number of aliphatic hydroxyl groups is 4. The average molecular weight is 451 g/mol. The van der Waals surface area contributed by atoms with Crippen LogP contribution in [-0.2, 0) is 11.2 Å². The summed E-state index contributed by atoms with van der Waals surface area (Å²) in [5, 5.41) is 40.5. The van der Waals surface area contributed by atoms with E-state index in [2.05, 4.69) is 0 Å². The fourth-order valence-electron chi connectivity index (χ4n) is 3.94. The Bertz CT molecular complexity index is 946. The molecule has 0 radical (unpaired) electrons. The van der Waals surface area contributed by atoms with Crippen molar-refractivity contribution >= 4 is 11.6 Å². The summed E-state index contributed by atoms with van der Waals surface area (Å²) in [7, 11) is 0. The van der Waals surface area contributed by atoms with Crippen LogP contribution in [0.4, 0.5) is 0 Å². The van der Waals surface area contributed by atoms with Crippen LogP contribution in [0.5, 0.6) is 11.5 Å². The van der Waals surface area contributed by atoms with Crippen LogP contribution in [0.25, 0.3) is 0 Å². The van der Waals surface area contributed by atoms with E-state index in [1.54, 1.807) is 18.2 Å². The zero-order valence-corrected chi connectivity index (χ0v) is 18.1. The second kappa shape index (κ2) is 8.58. The molecule has 2 aromatic rings. The second-order valence-corrected chi connectivity index (χ2v) is 9.12. The highest BCUT2D eigenvalue weighted by Crippen LogP contribution is 2.38. The number of aliphatic hydroxyl groups excluding tert-OH is 4. The van der Waals surface area contributed by atoms with Gasteiger partial charge >= 0.3 is 0 Å². The third-order valence-corrected chi connectivity index (χ3v) is 6.02. The van der Waals surface area contributed by atoms with Gasteiger partial charge in [0.25, 0.3) is 0 Å².